The van der Waals surface area contributed by atoms with Crippen molar-refractivity contribution in [2.24, 2.45) is 17.6 Å². The van der Waals surface area contributed by atoms with Gasteiger partial charge in [-0.3, -0.25) is 76.7 Å². The number of phenolic OH excluding ortho intramolecular Hbond substituents is 2. The number of fused-ring (bicyclic) bond motifs is 1. The second-order valence-electron chi connectivity index (χ2n) is 33.1. The van der Waals surface area contributed by atoms with Gasteiger partial charge in [0.2, 0.25) is 88.6 Å². The Morgan fingerprint density at radius 2 is 0.931 bits per heavy atom. The molecule has 11 unspecified atom stereocenters. The number of hydrogen-bond donors (Lipinski definition) is 13. The van der Waals surface area contributed by atoms with Crippen molar-refractivity contribution in [2.75, 3.05) is 66.4 Å². The van der Waals surface area contributed by atoms with E-state index in [9.17, 15) is 53.7 Å². The van der Waals surface area contributed by atoms with Crippen LogP contribution in [0.2, 0.25) is 5.02 Å². The number of nitrogens with one attached hydrogen (secondary N) is 9. The molecule has 1 saturated heterocycles. The van der Waals surface area contributed by atoms with Crippen molar-refractivity contribution in [3.05, 3.63) is 202 Å². The maximum atomic E-state index is 15.5. The Labute approximate surface area is 768 Å². The van der Waals surface area contributed by atoms with Crippen LogP contribution >= 0.6 is 34.7 Å². The van der Waals surface area contributed by atoms with E-state index >= 15 is 38.4 Å². The summed E-state index contributed by atoms with van der Waals surface area (Å²) in [6.45, 7) is 6.16. The number of carboxylic acid groups (broad SMARTS) is 1. The molecule has 6 aromatic carbocycles. The van der Waals surface area contributed by atoms with Gasteiger partial charge in [0.15, 0.2) is 0 Å². The summed E-state index contributed by atoms with van der Waals surface area (Å²) in [5.41, 5.74) is 8.45. The SMILES string of the molecule is CCCCC1C(=O)N(C)CC(=O)NC(CC(=O)O)C(=O)NC(C(C)C)C(=O)N(C)C(Cc2ccccc2)C(=O)NC(Cc2ccc(O)cc2)C(=O)N(C)CC(=O)NC(Cc2csc3ccccc23)C(=O)NC(Cc2ccc(O)cc2)C(=O)NC(CC(C)C)C(=O)NC(C(=O)NCC(N)=O)CSCC(=O)NC(Cc2ccc(Cl)cc2)C(=O)N(C)C(Cc2ccccc2)C(=O)N1C. The van der Waals surface area contributed by atoms with E-state index in [1.807, 2.05) is 25.1 Å². The third-order valence-corrected chi connectivity index (χ3v) is 24.3. The van der Waals surface area contributed by atoms with Gasteiger partial charge >= 0.3 is 5.97 Å². The topological polar surface area (TPSA) is 484 Å². The number of aromatic hydroxyl groups is 2. The number of likely N-dealkylation sites (N-methyl/N-ethyl adjacent to an activating group) is 5. The molecule has 34 nitrogen and oxygen atoms in total. The molecule has 0 aliphatic carbocycles. The van der Waals surface area contributed by atoms with Crippen molar-refractivity contribution in [1.82, 2.24) is 72.4 Å². The lowest BCUT2D eigenvalue weighted by atomic mass is 9.98. The van der Waals surface area contributed by atoms with E-state index in [4.69, 9.17) is 17.3 Å². The van der Waals surface area contributed by atoms with E-state index in [0.29, 0.717) is 56.6 Å². The van der Waals surface area contributed by atoms with Crippen molar-refractivity contribution < 1.29 is 92.0 Å². The summed E-state index contributed by atoms with van der Waals surface area (Å²) >= 11 is 8.49. The summed E-state index contributed by atoms with van der Waals surface area (Å²) in [5, 5.41) is 57.8. The van der Waals surface area contributed by atoms with Gasteiger partial charge < -0.3 is 93.4 Å². The molecule has 0 saturated carbocycles. The van der Waals surface area contributed by atoms with E-state index in [-0.39, 0.29) is 68.8 Å². The largest absolute Gasteiger partial charge is 0.508 e. The van der Waals surface area contributed by atoms with Crippen LogP contribution in [0.25, 0.3) is 10.1 Å². The smallest absolute Gasteiger partial charge is 0.305 e. The maximum Gasteiger partial charge on any atom is 0.305 e. The van der Waals surface area contributed by atoms with Crippen LogP contribution in [0.15, 0.2) is 163 Å². The van der Waals surface area contributed by atoms with Crippen molar-refractivity contribution in [3.8, 4) is 11.5 Å². The van der Waals surface area contributed by atoms with Crippen LogP contribution in [0.5, 0.6) is 11.5 Å². The zero-order chi connectivity index (χ0) is 95.2. The van der Waals surface area contributed by atoms with E-state index in [2.05, 4.69) is 47.9 Å². The molecule has 1 aromatic heterocycles. The van der Waals surface area contributed by atoms with Crippen LogP contribution in [0.3, 0.4) is 0 Å². The molecule has 1 aliphatic heterocycles. The van der Waals surface area contributed by atoms with Gasteiger partial charge in [-0.2, -0.15) is 0 Å². The molecule has 0 radical (unpaired) electrons. The number of nitrogens with zero attached hydrogens (tertiary/aromatic N) is 5. The summed E-state index contributed by atoms with van der Waals surface area (Å²) in [7, 11) is 6.51. The van der Waals surface area contributed by atoms with Crippen LogP contribution in [0.4, 0.5) is 0 Å². The van der Waals surface area contributed by atoms with Crippen molar-refractivity contribution >= 4 is 139 Å². The van der Waals surface area contributed by atoms with E-state index in [1.54, 1.807) is 124 Å². The van der Waals surface area contributed by atoms with Gasteiger partial charge in [-0.1, -0.05) is 174 Å². The van der Waals surface area contributed by atoms with Gasteiger partial charge in [0, 0.05) is 89.2 Å². The summed E-state index contributed by atoms with van der Waals surface area (Å²) < 4.78 is 0.817. The molecule has 37 heteroatoms. The predicted molar refractivity (Wildman–Crippen MR) is 491 cm³/mol. The Morgan fingerprint density at radius 3 is 1.48 bits per heavy atom. The molecule has 1 aliphatic rings. The lowest BCUT2D eigenvalue weighted by molar-refractivity contribution is -0.151. The standard InChI is InChI=1S/C93H116ClN15O19S2/c1-11-12-26-73-91(126)106(7)50-79(114)98-69(47-81(116)117)87(122)104-82(55(4)5)93(128)108(9)74(44-56-21-15-13-16-22-56)88(123)102-70(42-60-32-38-64(111)39-33-60)89(124)105(6)49-78(113)97-68(46-61-51-130-76-27-20-19-25-65(61)76)86(121)101-67(41-59-30-36-63(110)37-31-59)85(120)100-66(40-54(2)3)84(119)103-72(83(118)96-48-77(95)112)52-129-53-80(115)99-71(43-58-28-34-62(94)35-29-58)90(125)109(10)75(92(127)107(73)8)45-57-23-17-14-18-24-57/h13-25,27-39,51,54-55,66-75,82,110-111H,11-12,26,40-50,52-53H2,1-10H3,(H2,95,112)(H,96,118)(H,97,113)(H,98,114)(H,99,115)(H,100,120)(H,101,121)(H,102,123)(H,103,119)(H,104,122)(H,116,117). The third kappa shape index (κ3) is 30.9. The highest BCUT2D eigenvalue weighted by Crippen LogP contribution is 2.28. The molecular formula is C93H116ClN15O19S2. The zero-order valence-corrected chi connectivity index (χ0v) is 76.7. The normalized spacial score (nSPS) is 21.8. The first-order valence-corrected chi connectivity index (χ1v) is 45.1. The number of benzene rings is 6. The van der Waals surface area contributed by atoms with Gasteiger partial charge in [-0.05, 0) is 111 Å². The number of halogens is 1. The number of nitrogens with two attached hydrogens (primary N) is 1. The summed E-state index contributed by atoms with van der Waals surface area (Å²) in [6.07, 6.45) is -1.60. The Hall–Kier alpha value is -13.0. The van der Waals surface area contributed by atoms with E-state index in [0.717, 1.165) is 41.0 Å². The first-order valence-electron chi connectivity index (χ1n) is 42.7. The number of aliphatic carboxylic acids is 1. The molecule has 696 valence electrons. The summed E-state index contributed by atoms with van der Waals surface area (Å²) in [5.74, 6) is -17.6. The fourth-order valence-corrected chi connectivity index (χ4v) is 16.8. The molecule has 11 atom stereocenters. The highest BCUT2D eigenvalue weighted by Gasteiger charge is 2.42. The number of thioether (sulfide) groups is 1. The number of thiophene rings is 1. The van der Waals surface area contributed by atoms with Crippen molar-refractivity contribution in [2.45, 2.75) is 172 Å². The average molecular weight is 1850 g/mol. The molecule has 0 bridgehead atoms. The van der Waals surface area contributed by atoms with Gasteiger partial charge in [0.1, 0.15) is 78.0 Å². The number of phenols is 2. The molecule has 14 N–H and O–H groups in total. The average Bonchev–Trinajstić information content (AvgIpc) is 1.33. The lowest BCUT2D eigenvalue weighted by Crippen LogP contribution is -2.61. The summed E-state index contributed by atoms with van der Waals surface area (Å²) in [4.78, 5) is 240. The lowest BCUT2D eigenvalue weighted by Gasteiger charge is -2.37. The number of carboxylic acids is 1. The summed E-state index contributed by atoms with van der Waals surface area (Å²) in [6, 6.07) is 25.1. The van der Waals surface area contributed by atoms with Crippen LogP contribution in [-0.4, -0.2) is 267 Å². The van der Waals surface area contributed by atoms with Crippen LogP contribution in [0, 0.1) is 11.8 Å². The highest BCUT2D eigenvalue weighted by atomic mass is 35.5. The Balaban J connectivity index is 1.22. The van der Waals surface area contributed by atoms with Crippen molar-refractivity contribution in [3.63, 3.8) is 0 Å². The number of unbranched alkanes of at least 4 members (excludes halogenated alkanes) is 1. The van der Waals surface area contributed by atoms with E-state index in [1.165, 1.54) is 95.1 Å². The molecule has 8 rings (SSSR count). The number of carbonyl (C=O) groups is 16. The van der Waals surface area contributed by atoms with Gasteiger partial charge in [-0.25, -0.2) is 0 Å². The first-order chi connectivity index (χ1) is 61.8. The monoisotopic (exact) mass is 1850 g/mol. The number of hydrogen-bond acceptors (Lipinski definition) is 20. The Bertz CT molecular complexity index is 5130. The number of rotatable bonds is 23. The number of amides is 15. The number of primary amides is 1. The van der Waals surface area contributed by atoms with Crippen LogP contribution < -0.4 is 53.6 Å². The minimum absolute atomic E-state index is 0.0195. The van der Waals surface area contributed by atoms with Gasteiger partial charge in [-0.15, -0.1) is 23.1 Å². The second-order valence-corrected chi connectivity index (χ2v) is 35.5. The predicted octanol–water partition coefficient (Wildman–Crippen LogP) is 3.71. The van der Waals surface area contributed by atoms with Crippen LogP contribution in [-0.2, 0) is 115 Å². The molecular weight excluding hydrogens is 1730 g/mol. The zero-order valence-electron chi connectivity index (χ0n) is 74.3. The van der Waals surface area contributed by atoms with Gasteiger partial charge in [0.25, 0.3) is 0 Å². The molecule has 2 heterocycles. The van der Waals surface area contributed by atoms with Gasteiger partial charge in [0.05, 0.1) is 31.8 Å². The molecule has 7 aromatic rings. The van der Waals surface area contributed by atoms with E-state index < -0.39 is 205 Å². The molecule has 1 fully saturated rings. The minimum atomic E-state index is -1.91. The molecule has 0 spiro atoms. The van der Waals surface area contributed by atoms with Crippen LogP contribution in [0.1, 0.15) is 100 Å². The Morgan fingerprint density at radius 1 is 0.477 bits per heavy atom. The molecule has 15 amide bonds. The fraction of sp³-hybridized carbons (Fsp3) is 0.419. The maximum absolute atomic E-state index is 15.5. The second kappa shape index (κ2) is 49.6. The number of carbonyl (C=O) groups excluding carboxylic acids is 15. The Kier molecular flexibility index (Phi) is 39.0. The third-order valence-electron chi connectivity index (χ3n) is 22.0. The highest BCUT2D eigenvalue weighted by molar-refractivity contribution is 8.00. The minimum Gasteiger partial charge on any atom is -0.508 e. The first kappa shape index (κ1) is 102. The fourth-order valence-electron chi connectivity index (χ4n) is 14.8. The van der Waals surface area contributed by atoms with Crippen molar-refractivity contribution in [1.29, 1.82) is 0 Å². The molecule has 130 heavy (non-hydrogen) atoms. The quantitative estimate of drug-likeness (QED) is 0.0434.